The molecule has 0 saturated heterocycles. The molecule has 4 nitrogen and oxygen atoms in total. The second-order valence-electron chi connectivity index (χ2n) is 3.06. The first-order valence-electron chi connectivity index (χ1n) is 4.54. The zero-order valence-corrected chi connectivity index (χ0v) is 8.97. The number of hydrogen-bond acceptors (Lipinski definition) is 5. The van der Waals surface area contributed by atoms with Gasteiger partial charge in [-0.25, -0.2) is 0 Å². The van der Waals surface area contributed by atoms with Crippen molar-refractivity contribution in [3.05, 3.63) is 0 Å². The van der Waals surface area contributed by atoms with Crippen LogP contribution in [0.4, 0.5) is 11.1 Å². The van der Waals surface area contributed by atoms with Gasteiger partial charge in [0.1, 0.15) is 0 Å². The van der Waals surface area contributed by atoms with Gasteiger partial charge in [-0.1, -0.05) is 19.8 Å². The van der Waals surface area contributed by atoms with Crippen LogP contribution < -0.4 is 10.6 Å². The summed E-state index contributed by atoms with van der Waals surface area (Å²) in [6.45, 7) is 3.23. The Morgan fingerprint density at radius 1 is 1.46 bits per heavy atom. The highest BCUT2D eigenvalue weighted by molar-refractivity contribution is 7.09. The number of nitrogens with two attached hydrogens (primary N) is 1. The molecule has 0 aromatic carbocycles. The van der Waals surface area contributed by atoms with Crippen LogP contribution in [0.15, 0.2) is 0 Å². The standard InChI is InChI=1S/C8H16N4S/c1-3-4-5-6-12(2)8-10-7(9)11-13-8/h3-6H2,1-2H3,(H2,9,11). The van der Waals surface area contributed by atoms with Gasteiger partial charge in [-0.05, 0) is 6.42 Å². The van der Waals surface area contributed by atoms with Crippen molar-refractivity contribution in [3.63, 3.8) is 0 Å². The highest BCUT2D eigenvalue weighted by atomic mass is 32.1. The minimum atomic E-state index is 0.377. The molecule has 0 atom stereocenters. The van der Waals surface area contributed by atoms with Crippen LogP contribution in [0.5, 0.6) is 0 Å². The molecular weight excluding hydrogens is 184 g/mol. The van der Waals surface area contributed by atoms with Gasteiger partial charge in [0.25, 0.3) is 0 Å². The molecule has 5 heteroatoms. The van der Waals surface area contributed by atoms with E-state index in [4.69, 9.17) is 5.73 Å². The molecule has 0 spiro atoms. The number of aromatic nitrogens is 2. The Kier molecular flexibility index (Phi) is 3.95. The van der Waals surface area contributed by atoms with Crippen LogP contribution >= 0.6 is 11.5 Å². The van der Waals surface area contributed by atoms with Crippen LogP contribution in [0, 0.1) is 0 Å². The molecule has 0 aliphatic rings. The van der Waals surface area contributed by atoms with Crippen molar-refractivity contribution in [2.24, 2.45) is 0 Å². The second kappa shape index (κ2) is 5.01. The molecule has 0 fully saturated rings. The van der Waals surface area contributed by atoms with Crippen molar-refractivity contribution in [3.8, 4) is 0 Å². The number of rotatable bonds is 5. The van der Waals surface area contributed by atoms with Gasteiger partial charge in [0, 0.05) is 25.1 Å². The normalized spacial score (nSPS) is 10.3. The lowest BCUT2D eigenvalue weighted by Gasteiger charge is -2.13. The Bertz CT molecular complexity index is 248. The summed E-state index contributed by atoms with van der Waals surface area (Å²) in [6.07, 6.45) is 3.71. The molecule has 2 N–H and O–H groups in total. The van der Waals surface area contributed by atoms with Crippen LogP contribution in [0.25, 0.3) is 0 Å². The minimum absolute atomic E-state index is 0.377. The van der Waals surface area contributed by atoms with Crippen LogP contribution in [0.2, 0.25) is 0 Å². The molecule has 1 rings (SSSR count). The summed E-state index contributed by atoms with van der Waals surface area (Å²) in [5.74, 6) is 0.377. The van der Waals surface area contributed by atoms with Crippen LogP contribution in [0.1, 0.15) is 26.2 Å². The highest BCUT2D eigenvalue weighted by Crippen LogP contribution is 2.16. The average molecular weight is 200 g/mol. The predicted molar refractivity (Wildman–Crippen MR) is 57.1 cm³/mol. The van der Waals surface area contributed by atoms with E-state index in [1.807, 2.05) is 7.05 Å². The molecule has 0 amide bonds. The molecule has 1 aromatic heterocycles. The van der Waals surface area contributed by atoms with Gasteiger partial charge in [0.05, 0.1) is 0 Å². The predicted octanol–water partition coefficient (Wildman–Crippen LogP) is 1.75. The van der Waals surface area contributed by atoms with Crippen LogP contribution in [-0.2, 0) is 0 Å². The minimum Gasteiger partial charge on any atom is -0.367 e. The van der Waals surface area contributed by atoms with Gasteiger partial charge >= 0.3 is 0 Å². The molecule has 13 heavy (non-hydrogen) atoms. The topological polar surface area (TPSA) is 55.0 Å². The summed E-state index contributed by atoms with van der Waals surface area (Å²) < 4.78 is 3.93. The summed E-state index contributed by atoms with van der Waals surface area (Å²) in [7, 11) is 2.02. The summed E-state index contributed by atoms with van der Waals surface area (Å²) in [6, 6.07) is 0. The van der Waals surface area contributed by atoms with E-state index in [1.54, 1.807) is 0 Å². The zero-order valence-electron chi connectivity index (χ0n) is 8.16. The molecule has 0 bridgehead atoms. The van der Waals surface area contributed by atoms with Crippen molar-refractivity contribution in [1.82, 2.24) is 9.36 Å². The molecule has 0 aliphatic carbocycles. The SMILES string of the molecule is CCCCCN(C)c1nc(N)ns1. The lowest BCUT2D eigenvalue weighted by molar-refractivity contribution is 0.704. The smallest absolute Gasteiger partial charge is 0.233 e. The third kappa shape index (κ3) is 3.18. The zero-order chi connectivity index (χ0) is 9.68. The van der Waals surface area contributed by atoms with Gasteiger partial charge in [0.2, 0.25) is 11.1 Å². The quantitative estimate of drug-likeness (QED) is 0.736. The van der Waals surface area contributed by atoms with Crippen molar-refractivity contribution in [2.75, 3.05) is 24.2 Å². The third-order valence-corrected chi connectivity index (χ3v) is 2.70. The maximum atomic E-state index is 5.43. The number of nitrogens with zero attached hydrogens (tertiary/aromatic N) is 3. The Labute approximate surface area is 82.9 Å². The van der Waals surface area contributed by atoms with Gasteiger partial charge in [-0.2, -0.15) is 9.36 Å². The second-order valence-corrected chi connectivity index (χ2v) is 3.79. The Hall–Kier alpha value is -0.840. The first kappa shape index (κ1) is 10.2. The molecule has 0 unspecified atom stereocenters. The maximum Gasteiger partial charge on any atom is 0.233 e. The van der Waals surface area contributed by atoms with Crippen molar-refractivity contribution in [1.29, 1.82) is 0 Å². The van der Waals surface area contributed by atoms with Gasteiger partial charge < -0.3 is 10.6 Å². The Morgan fingerprint density at radius 2 is 2.23 bits per heavy atom. The van der Waals surface area contributed by atoms with E-state index in [-0.39, 0.29) is 0 Å². The first-order chi connectivity index (χ1) is 6.24. The monoisotopic (exact) mass is 200 g/mol. The summed E-state index contributed by atoms with van der Waals surface area (Å²) in [5, 5.41) is 0.911. The maximum absolute atomic E-state index is 5.43. The molecule has 1 heterocycles. The fourth-order valence-corrected chi connectivity index (χ4v) is 1.66. The number of unbranched alkanes of at least 4 members (excludes halogenated alkanes) is 2. The Morgan fingerprint density at radius 3 is 2.77 bits per heavy atom. The molecule has 0 radical (unpaired) electrons. The molecule has 0 saturated carbocycles. The van der Waals surface area contributed by atoms with Crippen molar-refractivity contribution >= 4 is 22.6 Å². The van der Waals surface area contributed by atoms with E-state index in [2.05, 4.69) is 21.2 Å². The fraction of sp³-hybridized carbons (Fsp3) is 0.750. The van der Waals surface area contributed by atoms with Gasteiger partial charge in [0.15, 0.2) is 0 Å². The van der Waals surface area contributed by atoms with Crippen molar-refractivity contribution in [2.45, 2.75) is 26.2 Å². The molecule has 74 valence electrons. The lowest BCUT2D eigenvalue weighted by atomic mass is 10.2. The van der Waals surface area contributed by atoms with E-state index in [1.165, 1.54) is 30.8 Å². The average Bonchev–Trinajstić information content (AvgIpc) is 2.52. The molecule has 0 aliphatic heterocycles. The fourth-order valence-electron chi connectivity index (χ4n) is 1.08. The van der Waals surface area contributed by atoms with Crippen molar-refractivity contribution < 1.29 is 0 Å². The van der Waals surface area contributed by atoms with E-state index >= 15 is 0 Å². The number of hydrogen-bond donors (Lipinski definition) is 1. The first-order valence-corrected chi connectivity index (χ1v) is 5.31. The summed E-state index contributed by atoms with van der Waals surface area (Å²) in [5.41, 5.74) is 5.43. The number of anilines is 2. The summed E-state index contributed by atoms with van der Waals surface area (Å²) >= 11 is 1.36. The lowest BCUT2D eigenvalue weighted by Crippen LogP contribution is -2.18. The Balaban J connectivity index is 2.35. The van der Waals surface area contributed by atoms with E-state index in [9.17, 15) is 0 Å². The van der Waals surface area contributed by atoms with E-state index in [0.29, 0.717) is 5.95 Å². The van der Waals surface area contributed by atoms with Crippen LogP contribution in [-0.4, -0.2) is 22.9 Å². The highest BCUT2D eigenvalue weighted by Gasteiger charge is 2.05. The molecular formula is C8H16N4S. The van der Waals surface area contributed by atoms with E-state index < -0.39 is 0 Å². The third-order valence-electron chi connectivity index (χ3n) is 1.85. The van der Waals surface area contributed by atoms with Crippen LogP contribution in [0.3, 0.4) is 0 Å². The summed E-state index contributed by atoms with van der Waals surface area (Å²) in [4.78, 5) is 6.20. The number of nitrogen functional groups attached to an aromatic ring is 1. The molecule has 1 aromatic rings. The van der Waals surface area contributed by atoms with Gasteiger partial charge in [-0.15, -0.1) is 0 Å². The largest absolute Gasteiger partial charge is 0.367 e. The van der Waals surface area contributed by atoms with E-state index in [0.717, 1.165) is 11.7 Å². The van der Waals surface area contributed by atoms with Gasteiger partial charge in [-0.3, -0.25) is 0 Å².